The van der Waals surface area contributed by atoms with Crippen molar-refractivity contribution in [1.82, 2.24) is 0 Å². The van der Waals surface area contributed by atoms with E-state index < -0.39 is 34.7 Å². The van der Waals surface area contributed by atoms with Crippen molar-refractivity contribution in [1.29, 1.82) is 0 Å². The van der Waals surface area contributed by atoms with Crippen LogP contribution in [0, 0.1) is 5.92 Å². The zero-order chi connectivity index (χ0) is 33.5. The molecule has 0 aromatic rings. The van der Waals surface area contributed by atoms with Gasteiger partial charge in [0.25, 0.3) is 0 Å². The number of hydrogen-bond donors (Lipinski definition) is 4. The van der Waals surface area contributed by atoms with E-state index in [0.717, 1.165) is 12.8 Å². The molecule has 1 fully saturated rings. The molecule has 0 spiro atoms. The van der Waals surface area contributed by atoms with E-state index >= 15 is 0 Å². The van der Waals surface area contributed by atoms with Crippen molar-refractivity contribution in [2.45, 2.75) is 172 Å². The molecule has 17 nitrogen and oxygen atoms in total. The van der Waals surface area contributed by atoms with Gasteiger partial charge in [0, 0.05) is 32.9 Å². The number of rotatable bonds is 24. The first-order chi connectivity index (χ1) is 20.6. The van der Waals surface area contributed by atoms with Gasteiger partial charge in [-0.3, -0.25) is 0 Å². The van der Waals surface area contributed by atoms with E-state index in [4.69, 9.17) is 4.43 Å². The molecule has 0 aromatic heterocycles. The Balaban J connectivity index is -0.0000000561. The largest absolute Gasteiger partial charge is 4.00 e. The minimum absolute atomic E-state index is 0. The topological polar surface area (TPSA) is 388 Å². The smallest absolute Gasteiger partial charge is 2.00 e. The molecule has 55 heavy (non-hydrogen) atoms. The Labute approximate surface area is 378 Å². The molecule has 1 aliphatic carbocycles. The first-order valence-electron chi connectivity index (χ1n) is 17.2. The molecule has 1 aliphatic rings. The average molecular weight is 1140 g/mol. The Hall–Kier alpha value is 1.50. The first kappa shape index (κ1) is 87.9. The summed E-state index contributed by atoms with van der Waals surface area (Å²) >= 11 is 0. The third kappa shape index (κ3) is 46.4. The summed E-state index contributed by atoms with van der Waals surface area (Å²) in [5, 5.41) is 36.2. The van der Waals surface area contributed by atoms with Gasteiger partial charge in [0.2, 0.25) is 0 Å². The molecule has 0 amide bonds. The Kier molecular flexibility index (Phi) is 79.7. The fraction of sp³-hybridized carbons (Fsp3) is 0.969. The summed E-state index contributed by atoms with van der Waals surface area (Å²) in [4.78, 5) is 41.4. The van der Waals surface area contributed by atoms with Crippen LogP contribution in [-0.4, -0.2) is 91.1 Å². The summed E-state index contributed by atoms with van der Waals surface area (Å²) in [5.74, 6) is -0.865. The maximum Gasteiger partial charge on any atom is 4.00 e. The predicted molar refractivity (Wildman–Crippen MR) is 187 cm³/mol. The molecule has 340 valence electrons. The molecule has 0 saturated heterocycles. The van der Waals surface area contributed by atoms with Crippen LogP contribution in [-0.2, 0) is 102 Å². The molecular weight excluding hydrogens is 1070 g/mol. The molecule has 2 radical (unpaired) electrons. The summed E-state index contributed by atoms with van der Waals surface area (Å²) in [7, 11) is -4.26. The van der Waals surface area contributed by atoms with Crippen molar-refractivity contribution in [3.63, 3.8) is 0 Å². The van der Waals surface area contributed by atoms with Gasteiger partial charge in [0.1, 0.15) is 0 Å². The molecule has 0 aromatic carbocycles. The minimum atomic E-state index is -3.59. The number of unbranched alkanes of at least 4 members (excludes halogenated alkanes) is 15. The van der Waals surface area contributed by atoms with Crippen LogP contribution in [0.3, 0.4) is 0 Å². The van der Waals surface area contributed by atoms with E-state index in [2.05, 4.69) is 16.3 Å². The van der Waals surface area contributed by atoms with E-state index in [1.807, 2.05) is 0 Å². The van der Waals surface area contributed by atoms with E-state index in [0.29, 0.717) is 18.9 Å². The number of nitrogens with zero attached hydrogens (tertiary/aromatic N) is 1. The second-order valence-corrected chi connectivity index (χ2v) is 18.0. The van der Waals surface area contributed by atoms with E-state index in [1.165, 1.54) is 118 Å². The van der Waals surface area contributed by atoms with Gasteiger partial charge >= 0.3 is 88.6 Å². The molecule has 0 bridgehead atoms. The zero-order valence-electron chi connectivity index (χ0n) is 33.1. The molecule has 1 saturated carbocycles. The second-order valence-electron chi connectivity index (χ2n) is 13.2. The van der Waals surface area contributed by atoms with Gasteiger partial charge in [0.05, 0.1) is 0 Å². The maximum atomic E-state index is 12.2. The minimum Gasteiger partial charge on any atom is -2.00 e. The molecule has 0 heterocycles. The van der Waals surface area contributed by atoms with Crippen molar-refractivity contribution in [2.24, 2.45) is 10.9 Å². The van der Waals surface area contributed by atoms with Crippen LogP contribution >= 0.6 is 0 Å². The maximum absolute atomic E-state index is 12.2. The van der Waals surface area contributed by atoms with Gasteiger partial charge in [-0.05, 0) is 31.1 Å². The molecule has 3 unspecified atom stereocenters. The van der Waals surface area contributed by atoms with E-state index in [1.54, 1.807) is 0 Å². The van der Waals surface area contributed by atoms with Crippen molar-refractivity contribution >= 4 is 23.5 Å². The Morgan fingerprint density at radius 3 is 1.27 bits per heavy atom. The summed E-state index contributed by atoms with van der Waals surface area (Å²) in [6, 6.07) is 0.519. The molecule has 23 heteroatoms. The van der Waals surface area contributed by atoms with Gasteiger partial charge in [-0.1, -0.05) is 130 Å². The molecule has 9 N–H and O–H groups in total. The van der Waals surface area contributed by atoms with Gasteiger partial charge < -0.3 is 86.7 Å². The number of aliphatic imine (C=N–C) groups is 1. The third-order valence-electron chi connectivity index (χ3n) is 9.01. The number of hydrogen-bond acceptors (Lipinski definition) is 11. The fourth-order valence-corrected chi connectivity index (χ4v) is 7.19. The van der Waals surface area contributed by atoms with Crippen molar-refractivity contribution < 1.29 is 153 Å². The summed E-state index contributed by atoms with van der Waals surface area (Å²) in [6.07, 6.45) is 22.2. The molecule has 3 atom stereocenters. The summed E-state index contributed by atoms with van der Waals surface area (Å²) in [6.45, 7) is 5.20. The van der Waals surface area contributed by atoms with E-state index in [-0.39, 0.29) is 141 Å². The Morgan fingerprint density at radius 2 is 0.964 bits per heavy atom. The van der Waals surface area contributed by atoms with E-state index in [9.17, 15) is 34.5 Å². The quantitative estimate of drug-likeness (QED) is 0.0464. The predicted octanol–water partition coefficient (Wildman–Crippen LogP) is 1.25. The van der Waals surface area contributed by atoms with Crippen molar-refractivity contribution in [3.05, 3.63) is 0 Å². The monoisotopic (exact) mass is 1140 g/mol. The summed E-state index contributed by atoms with van der Waals surface area (Å²) < 4.78 is 9.27. The SMILES string of the molecule is CCCCCCCCCCCCCCCCCC[Si](O)(O)OC.CO[Si](O)(O)CCCN=C([O-])C1CCC(C)([O-])C(C)([O-])C1.O.O.[Fe+2].[Fe+3].[Fe+3].[O-2].[O-2].[O-2].[O-2].[OH-].[Os+4]. The fourth-order valence-electron chi connectivity index (χ4n) is 5.45. The van der Waals surface area contributed by atoms with Gasteiger partial charge in [-0.2, -0.15) is 0 Å². The average Bonchev–Trinajstić information content (AvgIpc) is 2.96. The van der Waals surface area contributed by atoms with Crippen molar-refractivity contribution in [2.75, 3.05) is 20.8 Å². The molecular formula is C32H71Fe3NO16OsSi2. The Morgan fingerprint density at radius 1 is 0.655 bits per heavy atom. The summed E-state index contributed by atoms with van der Waals surface area (Å²) in [5.41, 5.74) is -3.23. The van der Waals surface area contributed by atoms with Crippen LogP contribution in [0.4, 0.5) is 0 Å². The van der Waals surface area contributed by atoms with Crippen LogP contribution in [0.15, 0.2) is 4.99 Å². The zero-order valence-corrected chi connectivity index (χ0v) is 41.0. The van der Waals surface area contributed by atoms with Crippen LogP contribution in [0.1, 0.15) is 149 Å². The van der Waals surface area contributed by atoms with Crippen LogP contribution in [0.5, 0.6) is 0 Å². The molecule has 0 aliphatic heterocycles. The first-order valence-corrected chi connectivity index (χ1v) is 21.3. The Bertz CT molecular complexity index is 774. The standard InChI is InChI=1S/C19H42O3Si.C13H25NO6Si.3Fe.3H2O.4O.Os/c1-3-4-5-6-7-8-9-10-11-12-13-14-15-16-17-18-19-23(20,21)22-2;1-12(16)6-5-10(9-13(12,2)17)11(15)14-7-4-8-21(18,19)20-3;;;;;;;;;;;/h20-21H,3-19H2,1-2H3;10,18-19H,4-9H2,1-3H3,(H,14,15);;;;3*1H2;;;;;/q;-2;+2;2*+3;;;;4*-2;+4/p-2. The second kappa shape index (κ2) is 49.9. The normalized spacial score (nSPS) is 18.4. The van der Waals surface area contributed by atoms with Gasteiger partial charge in [-0.25, -0.2) is 0 Å². The van der Waals surface area contributed by atoms with Crippen LogP contribution < -0.4 is 15.3 Å². The van der Waals surface area contributed by atoms with Gasteiger partial charge in [-0.15, -0.1) is 11.2 Å². The van der Waals surface area contributed by atoms with Crippen LogP contribution in [0.2, 0.25) is 12.1 Å². The third-order valence-corrected chi connectivity index (χ3v) is 12.3. The van der Waals surface area contributed by atoms with Crippen LogP contribution in [0.25, 0.3) is 0 Å². The van der Waals surface area contributed by atoms with Crippen molar-refractivity contribution in [3.8, 4) is 0 Å². The van der Waals surface area contributed by atoms with Gasteiger partial charge in [0.15, 0.2) is 0 Å². The molecule has 1 rings (SSSR count).